The zero-order valence-corrected chi connectivity index (χ0v) is 19.2. The van der Waals surface area contributed by atoms with E-state index in [1.165, 1.54) is 43.1 Å². The van der Waals surface area contributed by atoms with Crippen LogP contribution in [0.2, 0.25) is 0 Å². The van der Waals surface area contributed by atoms with E-state index < -0.39 is 0 Å². The third-order valence-electron chi connectivity index (χ3n) is 6.58. The molecule has 0 amide bonds. The Morgan fingerprint density at radius 1 is 0.441 bits per heavy atom. The van der Waals surface area contributed by atoms with Gasteiger partial charge >= 0.3 is 0 Å². The summed E-state index contributed by atoms with van der Waals surface area (Å²) in [5.74, 6) is 0.940. The molecule has 0 fully saturated rings. The maximum absolute atomic E-state index is 6.68. The van der Waals surface area contributed by atoms with Crippen molar-refractivity contribution in [2.75, 3.05) is 0 Å². The summed E-state index contributed by atoms with van der Waals surface area (Å²) in [6, 6.07) is 40.8. The van der Waals surface area contributed by atoms with Crippen LogP contribution in [0.1, 0.15) is 0 Å². The van der Waals surface area contributed by atoms with E-state index in [0.717, 1.165) is 22.3 Å². The molecule has 0 aliphatic carbocycles. The predicted molar refractivity (Wildman–Crippen MR) is 145 cm³/mol. The highest BCUT2D eigenvalue weighted by atomic mass is 32.1. The van der Waals surface area contributed by atoms with Crippen molar-refractivity contribution in [1.29, 1.82) is 0 Å². The molecule has 0 aliphatic rings. The van der Waals surface area contributed by atoms with Gasteiger partial charge in [-0.25, -0.2) is 0 Å². The molecule has 160 valence electrons. The van der Waals surface area contributed by atoms with Crippen molar-refractivity contribution in [3.8, 4) is 32.9 Å². The minimum absolute atomic E-state index is 0.918. The van der Waals surface area contributed by atoms with Gasteiger partial charge in [-0.15, -0.1) is 11.3 Å². The van der Waals surface area contributed by atoms with Crippen LogP contribution in [0.25, 0.3) is 65.4 Å². The standard InChI is InChI=1S/C32H20OS/c1-2-11-21(12-3-1)29-22-13-4-6-15-24(22)30(25-16-7-5-14-23(25)29)32-31(28-19-10-20-34-28)26-17-8-9-18-27(26)33-32/h1-20H. The molecule has 2 aromatic heterocycles. The lowest BCUT2D eigenvalue weighted by atomic mass is 9.86. The summed E-state index contributed by atoms with van der Waals surface area (Å²) in [6.07, 6.45) is 0. The van der Waals surface area contributed by atoms with Crippen LogP contribution in [-0.4, -0.2) is 0 Å². The minimum Gasteiger partial charge on any atom is -0.455 e. The number of fused-ring (bicyclic) bond motifs is 3. The number of para-hydroxylation sites is 1. The second-order valence-corrected chi connectivity index (χ2v) is 9.43. The summed E-state index contributed by atoms with van der Waals surface area (Å²) < 4.78 is 6.68. The first-order valence-electron chi connectivity index (χ1n) is 11.4. The van der Waals surface area contributed by atoms with Gasteiger partial charge in [0.1, 0.15) is 11.3 Å². The van der Waals surface area contributed by atoms with Crippen LogP contribution in [-0.2, 0) is 0 Å². The molecular formula is C32H20OS. The van der Waals surface area contributed by atoms with E-state index in [-0.39, 0.29) is 0 Å². The van der Waals surface area contributed by atoms with Crippen LogP contribution in [0.15, 0.2) is 125 Å². The van der Waals surface area contributed by atoms with Gasteiger partial charge in [0.25, 0.3) is 0 Å². The Morgan fingerprint density at radius 3 is 1.62 bits per heavy atom. The van der Waals surface area contributed by atoms with Gasteiger partial charge in [0.2, 0.25) is 0 Å². The first kappa shape index (κ1) is 19.3. The Morgan fingerprint density at radius 2 is 1.00 bits per heavy atom. The Hall–Kier alpha value is -4.14. The van der Waals surface area contributed by atoms with E-state index in [0.29, 0.717) is 0 Å². The number of furan rings is 1. The lowest BCUT2D eigenvalue weighted by Crippen LogP contribution is -1.90. The van der Waals surface area contributed by atoms with E-state index >= 15 is 0 Å². The van der Waals surface area contributed by atoms with Crippen molar-refractivity contribution in [2.24, 2.45) is 0 Å². The summed E-state index contributed by atoms with van der Waals surface area (Å²) in [5, 5.41) is 8.17. The molecule has 2 heteroatoms. The first-order valence-corrected chi connectivity index (χ1v) is 12.3. The van der Waals surface area contributed by atoms with Crippen LogP contribution in [0.3, 0.4) is 0 Å². The molecule has 0 unspecified atom stereocenters. The molecule has 0 saturated heterocycles. The maximum atomic E-state index is 6.68. The zero-order chi connectivity index (χ0) is 22.5. The molecule has 2 heterocycles. The molecule has 0 saturated carbocycles. The third-order valence-corrected chi connectivity index (χ3v) is 7.47. The van der Waals surface area contributed by atoms with Gasteiger partial charge in [0, 0.05) is 21.4 Å². The lowest BCUT2D eigenvalue weighted by Gasteiger charge is -2.17. The summed E-state index contributed by atoms with van der Waals surface area (Å²) >= 11 is 1.76. The molecule has 0 atom stereocenters. The Kier molecular flexibility index (Phi) is 4.39. The van der Waals surface area contributed by atoms with Crippen molar-refractivity contribution < 1.29 is 4.42 Å². The normalized spacial score (nSPS) is 11.5. The monoisotopic (exact) mass is 452 g/mol. The molecular weight excluding hydrogens is 432 g/mol. The average Bonchev–Trinajstić information content (AvgIpc) is 3.55. The third kappa shape index (κ3) is 2.86. The number of benzene rings is 5. The second-order valence-electron chi connectivity index (χ2n) is 8.49. The highest BCUT2D eigenvalue weighted by Gasteiger charge is 2.23. The van der Waals surface area contributed by atoms with Crippen molar-refractivity contribution in [3.63, 3.8) is 0 Å². The van der Waals surface area contributed by atoms with Crippen molar-refractivity contribution >= 4 is 43.9 Å². The Labute approximate surface area is 201 Å². The number of hydrogen-bond donors (Lipinski definition) is 0. The maximum Gasteiger partial charge on any atom is 0.145 e. The van der Waals surface area contributed by atoms with E-state index in [4.69, 9.17) is 4.42 Å². The predicted octanol–water partition coefficient (Wildman–Crippen LogP) is 9.80. The van der Waals surface area contributed by atoms with Crippen LogP contribution in [0, 0.1) is 0 Å². The summed E-state index contributed by atoms with van der Waals surface area (Å²) in [5.41, 5.74) is 5.74. The van der Waals surface area contributed by atoms with Crippen LogP contribution in [0.4, 0.5) is 0 Å². The number of hydrogen-bond acceptors (Lipinski definition) is 2. The molecule has 1 nitrogen and oxygen atoms in total. The molecule has 5 aromatic carbocycles. The van der Waals surface area contributed by atoms with Gasteiger partial charge in [0.15, 0.2) is 0 Å². The van der Waals surface area contributed by atoms with Gasteiger partial charge in [-0.2, -0.15) is 0 Å². The van der Waals surface area contributed by atoms with Gasteiger partial charge in [-0.1, -0.05) is 103 Å². The molecule has 0 radical (unpaired) electrons. The SMILES string of the molecule is c1ccc(-c2c3ccccc3c(-c3oc4ccccc4c3-c3cccs3)c3ccccc23)cc1. The largest absolute Gasteiger partial charge is 0.455 e. The molecule has 34 heavy (non-hydrogen) atoms. The van der Waals surface area contributed by atoms with Gasteiger partial charge in [-0.05, 0) is 50.2 Å². The molecule has 7 rings (SSSR count). The first-order chi connectivity index (χ1) is 16.9. The molecule has 0 aliphatic heterocycles. The van der Waals surface area contributed by atoms with Crippen molar-refractivity contribution in [3.05, 3.63) is 121 Å². The highest BCUT2D eigenvalue weighted by Crippen LogP contribution is 2.49. The molecule has 0 spiro atoms. The minimum atomic E-state index is 0.918. The summed E-state index contributed by atoms with van der Waals surface area (Å²) in [7, 11) is 0. The van der Waals surface area contributed by atoms with E-state index in [1.54, 1.807) is 11.3 Å². The fourth-order valence-corrected chi connectivity index (χ4v) is 5.96. The molecule has 0 bridgehead atoms. The fourth-order valence-electron chi connectivity index (χ4n) is 5.18. The van der Waals surface area contributed by atoms with Crippen LogP contribution in [0.5, 0.6) is 0 Å². The van der Waals surface area contributed by atoms with E-state index in [2.05, 4.69) is 115 Å². The molecule has 7 aromatic rings. The van der Waals surface area contributed by atoms with Crippen LogP contribution >= 0.6 is 11.3 Å². The zero-order valence-electron chi connectivity index (χ0n) is 18.4. The van der Waals surface area contributed by atoms with Gasteiger partial charge in [0.05, 0.1) is 0 Å². The topological polar surface area (TPSA) is 13.1 Å². The Bertz CT molecular complexity index is 1730. The van der Waals surface area contributed by atoms with Gasteiger partial charge in [-0.3, -0.25) is 0 Å². The second kappa shape index (κ2) is 7.72. The lowest BCUT2D eigenvalue weighted by molar-refractivity contribution is 0.634. The number of thiophene rings is 1. The van der Waals surface area contributed by atoms with Crippen molar-refractivity contribution in [2.45, 2.75) is 0 Å². The smallest absolute Gasteiger partial charge is 0.145 e. The summed E-state index contributed by atoms with van der Waals surface area (Å²) in [4.78, 5) is 1.22. The molecule has 0 N–H and O–H groups in total. The van der Waals surface area contributed by atoms with Crippen LogP contribution < -0.4 is 0 Å². The van der Waals surface area contributed by atoms with Crippen molar-refractivity contribution in [1.82, 2.24) is 0 Å². The summed E-state index contributed by atoms with van der Waals surface area (Å²) in [6.45, 7) is 0. The number of rotatable bonds is 3. The average molecular weight is 453 g/mol. The quantitative estimate of drug-likeness (QED) is 0.243. The van der Waals surface area contributed by atoms with E-state index in [9.17, 15) is 0 Å². The fraction of sp³-hybridized carbons (Fsp3) is 0. The van der Waals surface area contributed by atoms with E-state index in [1.807, 2.05) is 6.07 Å². The Balaban J connectivity index is 1.69. The highest BCUT2D eigenvalue weighted by molar-refractivity contribution is 7.13. The van der Waals surface area contributed by atoms with Gasteiger partial charge < -0.3 is 4.42 Å².